The number of aliphatic hydroxyl groups excluding tert-OH is 1. The second-order valence-corrected chi connectivity index (χ2v) is 4.28. The van der Waals surface area contributed by atoms with Crippen LogP contribution in [0.1, 0.15) is 42.0 Å². The maximum atomic E-state index is 8.76. The number of unbranched alkanes of at least 4 members (excludes halogenated alkanes) is 1. The van der Waals surface area contributed by atoms with Crippen LogP contribution in [0.5, 0.6) is 0 Å². The number of aryl methyl sites for hydroxylation is 2. The molecule has 0 aliphatic rings. The molecule has 17 heavy (non-hydrogen) atoms. The Balaban J connectivity index is 2.81. The number of nitrogens with zero attached hydrogens (tertiary/aromatic N) is 3. The van der Waals surface area contributed by atoms with E-state index < -0.39 is 0 Å². The minimum Gasteiger partial charge on any atom is -0.396 e. The van der Waals surface area contributed by atoms with Gasteiger partial charge in [-0.15, -0.1) is 0 Å². The zero-order valence-corrected chi connectivity index (χ0v) is 10.4. The summed E-state index contributed by atoms with van der Waals surface area (Å²) in [5.41, 5.74) is 12.1. The number of benzene rings is 1. The molecule has 0 saturated heterocycles. The molecular formula is C13H19N3O. The lowest BCUT2D eigenvalue weighted by atomic mass is 9.98. The number of aliphatic hydroxyl groups is 1. The molecule has 0 spiro atoms. The summed E-state index contributed by atoms with van der Waals surface area (Å²) in [6.45, 7) is 4.31. The molecule has 1 unspecified atom stereocenters. The van der Waals surface area contributed by atoms with E-state index >= 15 is 0 Å². The van der Waals surface area contributed by atoms with Crippen molar-refractivity contribution in [2.75, 3.05) is 6.61 Å². The van der Waals surface area contributed by atoms with Gasteiger partial charge in [0.2, 0.25) is 0 Å². The Kier molecular flexibility index (Phi) is 5.53. The van der Waals surface area contributed by atoms with Gasteiger partial charge in [0.15, 0.2) is 0 Å². The van der Waals surface area contributed by atoms with Crippen LogP contribution in [0.15, 0.2) is 23.3 Å². The Morgan fingerprint density at radius 3 is 2.65 bits per heavy atom. The molecular weight excluding hydrogens is 214 g/mol. The predicted molar refractivity (Wildman–Crippen MR) is 68.7 cm³/mol. The SMILES string of the molecule is Cc1ccc(C(CCCCO)N=[N+]=[N-])cc1C. The summed E-state index contributed by atoms with van der Waals surface area (Å²) < 4.78 is 0. The van der Waals surface area contributed by atoms with Gasteiger partial charge in [-0.3, -0.25) is 0 Å². The van der Waals surface area contributed by atoms with Crippen LogP contribution in [-0.4, -0.2) is 11.7 Å². The van der Waals surface area contributed by atoms with Crippen LogP contribution >= 0.6 is 0 Å². The smallest absolute Gasteiger partial charge is 0.0625 e. The van der Waals surface area contributed by atoms with Crippen molar-refractivity contribution in [2.45, 2.75) is 39.2 Å². The first-order valence-electron chi connectivity index (χ1n) is 5.91. The van der Waals surface area contributed by atoms with Gasteiger partial charge < -0.3 is 5.11 Å². The minimum atomic E-state index is -0.120. The highest BCUT2D eigenvalue weighted by atomic mass is 16.2. The lowest BCUT2D eigenvalue weighted by molar-refractivity contribution is 0.281. The van der Waals surface area contributed by atoms with Crippen molar-refractivity contribution in [1.29, 1.82) is 0 Å². The summed E-state index contributed by atoms with van der Waals surface area (Å²) in [5.74, 6) is 0. The van der Waals surface area contributed by atoms with Crippen LogP contribution < -0.4 is 0 Å². The summed E-state index contributed by atoms with van der Waals surface area (Å²) in [7, 11) is 0. The van der Waals surface area contributed by atoms with Crippen molar-refractivity contribution >= 4 is 0 Å². The van der Waals surface area contributed by atoms with Gasteiger partial charge in [-0.05, 0) is 48.9 Å². The van der Waals surface area contributed by atoms with E-state index in [0.29, 0.717) is 0 Å². The fourth-order valence-corrected chi connectivity index (χ4v) is 1.77. The van der Waals surface area contributed by atoms with Crippen LogP contribution in [0.25, 0.3) is 10.4 Å². The molecule has 0 saturated carbocycles. The van der Waals surface area contributed by atoms with Crippen molar-refractivity contribution < 1.29 is 5.11 Å². The highest BCUT2D eigenvalue weighted by molar-refractivity contribution is 5.31. The molecule has 0 fully saturated rings. The zero-order valence-electron chi connectivity index (χ0n) is 10.4. The molecule has 1 aromatic carbocycles. The van der Waals surface area contributed by atoms with Crippen LogP contribution in [0.4, 0.5) is 0 Å². The fourth-order valence-electron chi connectivity index (χ4n) is 1.77. The van der Waals surface area contributed by atoms with Crippen LogP contribution in [0.2, 0.25) is 0 Å². The average Bonchev–Trinajstić information content (AvgIpc) is 2.32. The Morgan fingerprint density at radius 1 is 1.29 bits per heavy atom. The second-order valence-electron chi connectivity index (χ2n) is 4.28. The van der Waals surface area contributed by atoms with Crippen LogP contribution in [0.3, 0.4) is 0 Å². The van der Waals surface area contributed by atoms with Gasteiger partial charge in [0, 0.05) is 11.5 Å². The Bertz CT molecular complexity index is 411. The number of hydrogen-bond acceptors (Lipinski definition) is 2. The molecule has 1 rings (SSSR count). The molecule has 0 amide bonds. The molecule has 4 heteroatoms. The number of hydrogen-bond donors (Lipinski definition) is 1. The van der Waals surface area contributed by atoms with Crippen molar-refractivity contribution in [1.82, 2.24) is 0 Å². The molecule has 0 aromatic heterocycles. The molecule has 0 bridgehead atoms. The van der Waals surface area contributed by atoms with Crippen LogP contribution in [-0.2, 0) is 0 Å². The maximum absolute atomic E-state index is 8.76. The predicted octanol–water partition coefficient (Wildman–Crippen LogP) is 3.82. The summed E-state index contributed by atoms with van der Waals surface area (Å²) in [6.07, 6.45) is 2.41. The summed E-state index contributed by atoms with van der Waals surface area (Å²) >= 11 is 0. The largest absolute Gasteiger partial charge is 0.396 e. The van der Waals surface area contributed by atoms with Gasteiger partial charge >= 0.3 is 0 Å². The monoisotopic (exact) mass is 233 g/mol. The zero-order chi connectivity index (χ0) is 12.7. The lowest BCUT2D eigenvalue weighted by Gasteiger charge is -2.12. The summed E-state index contributed by atoms with van der Waals surface area (Å²) in [5, 5.41) is 12.6. The first-order valence-corrected chi connectivity index (χ1v) is 5.91. The van der Waals surface area contributed by atoms with Crippen LogP contribution in [0, 0.1) is 13.8 Å². The third-order valence-electron chi connectivity index (χ3n) is 2.99. The maximum Gasteiger partial charge on any atom is 0.0625 e. The van der Waals surface area contributed by atoms with Gasteiger partial charge in [0.1, 0.15) is 0 Å². The fraction of sp³-hybridized carbons (Fsp3) is 0.538. The highest BCUT2D eigenvalue weighted by Gasteiger charge is 2.09. The van der Waals surface area contributed by atoms with Gasteiger partial charge in [0.05, 0.1) is 6.04 Å². The molecule has 1 atom stereocenters. The quantitative estimate of drug-likeness (QED) is 0.345. The lowest BCUT2D eigenvalue weighted by Crippen LogP contribution is -1.97. The Hall–Kier alpha value is -1.51. The van der Waals surface area contributed by atoms with E-state index in [1.165, 1.54) is 11.1 Å². The number of azide groups is 1. The molecule has 4 nitrogen and oxygen atoms in total. The van der Waals surface area contributed by atoms with Gasteiger partial charge in [0.25, 0.3) is 0 Å². The minimum absolute atomic E-state index is 0.120. The van der Waals surface area contributed by atoms with Gasteiger partial charge in [-0.25, -0.2) is 0 Å². The summed E-state index contributed by atoms with van der Waals surface area (Å²) in [4.78, 5) is 2.91. The summed E-state index contributed by atoms with van der Waals surface area (Å²) in [6, 6.07) is 6.02. The molecule has 0 heterocycles. The molecule has 1 aromatic rings. The van der Waals surface area contributed by atoms with E-state index in [0.717, 1.165) is 24.8 Å². The second kappa shape index (κ2) is 6.94. The first kappa shape index (κ1) is 13.6. The van der Waals surface area contributed by atoms with Crippen molar-refractivity contribution in [2.24, 2.45) is 5.11 Å². The van der Waals surface area contributed by atoms with E-state index in [9.17, 15) is 0 Å². The van der Waals surface area contributed by atoms with Crippen molar-refractivity contribution in [3.63, 3.8) is 0 Å². The van der Waals surface area contributed by atoms with Crippen molar-refractivity contribution in [3.05, 3.63) is 45.3 Å². The normalized spacial score (nSPS) is 11.9. The third-order valence-corrected chi connectivity index (χ3v) is 2.99. The van der Waals surface area contributed by atoms with E-state index in [-0.39, 0.29) is 12.6 Å². The topological polar surface area (TPSA) is 69.0 Å². The van der Waals surface area contributed by atoms with Crippen molar-refractivity contribution in [3.8, 4) is 0 Å². The molecule has 1 N–H and O–H groups in total. The van der Waals surface area contributed by atoms with E-state index in [1.807, 2.05) is 6.07 Å². The van der Waals surface area contributed by atoms with E-state index in [2.05, 4.69) is 36.0 Å². The first-order chi connectivity index (χ1) is 8.19. The standard InChI is InChI=1S/C13H19N3O/c1-10-6-7-12(9-11(10)2)13(15-16-14)5-3-4-8-17/h6-7,9,13,17H,3-5,8H2,1-2H3. The Labute approximate surface area is 102 Å². The van der Waals surface area contributed by atoms with Gasteiger partial charge in [-0.2, -0.15) is 0 Å². The van der Waals surface area contributed by atoms with Gasteiger partial charge in [-0.1, -0.05) is 29.7 Å². The molecule has 0 aliphatic carbocycles. The number of rotatable bonds is 6. The highest BCUT2D eigenvalue weighted by Crippen LogP contribution is 2.25. The van der Waals surface area contributed by atoms with E-state index in [4.69, 9.17) is 10.6 Å². The van der Waals surface area contributed by atoms with E-state index in [1.54, 1.807) is 0 Å². The third kappa shape index (κ3) is 4.10. The molecule has 0 radical (unpaired) electrons. The molecule has 0 aliphatic heterocycles. The average molecular weight is 233 g/mol. The molecule has 92 valence electrons. The Morgan fingerprint density at radius 2 is 2.06 bits per heavy atom.